The highest BCUT2D eigenvalue weighted by molar-refractivity contribution is 7.09. The Labute approximate surface area is 191 Å². The topological polar surface area (TPSA) is 64.4 Å². The molecular weight excluding hydrogens is 434 g/mol. The quantitative estimate of drug-likeness (QED) is 0.505. The molecule has 3 aromatic rings. The first-order chi connectivity index (χ1) is 14.8. The fourth-order valence-corrected chi connectivity index (χ4v) is 4.59. The van der Waals surface area contributed by atoms with Crippen molar-refractivity contribution >= 4 is 28.8 Å². The zero-order chi connectivity index (χ0) is 22.5. The summed E-state index contributed by atoms with van der Waals surface area (Å²) in [6.07, 6.45) is 0.669. The second-order valence-electron chi connectivity index (χ2n) is 7.44. The summed E-state index contributed by atoms with van der Waals surface area (Å²) in [5.74, 6) is -0.337. The van der Waals surface area contributed by atoms with Crippen LogP contribution in [0.2, 0.25) is 5.02 Å². The highest BCUT2D eigenvalue weighted by Crippen LogP contribution is 2.19. The number of aromatic nitrogens is 2. The summed E-state index contributed by atoms with van der Waals surface area (Å²) in [4.78, 5) is 32.1. The molecule has 0 N–H and O–H groups in total. The van der Waals surface area contributed by atoms with E-state index in [1.807, 2.05) is 48.1 Å². The van der Waals surface area contributed by atoms with Gasteiger partial charge in [0.05, 0.1) is 18.8 Å². The standard InChI is InChI=1S/C23H26ClN3O3S/c1-15-14-31-21(25-15)12-26(3)23(29)22-19(13-30-4)27(16(2)11-20(22)28)10-9-17-7-5-6-8-18(17)24/h5-8,11,14H,9-10,12-13H2,1-4H3. The van der Waals surface area contributed by atoms with Crippen molar-refractivity contribution in [1.29, 1.82) is 0 Å². The van der Waals surface area contributed by atoms with E-state index in [9.17, 15) is 9.59 Å². The number of amides is 1. The van der Waals surface area contributed by atoms with Crippen LogP contribution >= 0.6 is 22.9 Å². The third kappa shape index (κ3) is 5.42. The Hall–Kier alpha value is -2.48. The molecule has 0 saturated carbocycles. The molecule has 0 fully saturated rings. The van der Waals surface area contributed by atoms with Crippen molar-refractivity contribution in [1.82, 2.24) is 14.5 Å². The van der Waals surface area contributed by atoms with E-state index in [0.29, 0.717) is 30.2 Å². The monoisotopic (exact) mass is 459 g/mol. The number of nitrogens with zero attached hydrogens (tertiary/aromatic N) is 3. The molecular formula is C23H26ClN3O3S. The zero-order valence-electron chi connectivity index (χ0n) is 18.1. The largest absolute Gasteiger partial charge is 0.378 e. The number of thiazole rings is 1. The van der Waals surface area contributed by atoms with Crippen molar-refractivity contribution in [3.63, 3.8) is 0 Å². The third-order valence-corrected chi connectivity index (χ3v) is 6.39. The highest BCUT2D eigenvalue weighted by Gasteiger charge is 2.23. The van der Waals surface area contributed by atoms with Crippen molar-refractivity contribution in [2.24, 2.45) is 0 Å². The molecule has 0 bridgehead atoms. The number of hydrogen-bond acceptors (Lipinski definition) is 5. The summed E-state index contributed by atoms with van der Waals surface area (Å²) < 4.78 is 7.35. The van der Waals surface area contributed by atoms with E-state index >= 15 is 0 Å². The number of hydrogen-bond donors (Lipinski definition) is 0. The highest BCUT2D eigenvalue weighted by atomic mass is 35.5. The first-order valence-electron chi connectivity index (χ1n) is 9.94. The molecule has 0 spiro atoms. The van der Waals surface area contributed by atoms with E-state index in [1.54, 1.807) is 14.2 Å². The van der Waals surface area contributed by atoms with Gasteiger partial charge in [-0.1, -0.05) is 29.8 Å². The van der Waals surface area contributed by atoms with Gasteiger partial charge in [0.25, 0.3) is 5.91 Å². The van der Waals surface area contributed by atoms with Crippen LogP contribution in [0.25, 0.3) is 0 Å². The molecule has 0 aliphatic carbocycles. The lowest BCUT2D eigenvalue weighted by molar-refractivity contribution is 0.0776. The van der Waals surface area contributed by atoms with Crippen LogP contribution in [-0.2, 0) is 30.9 Å². The lowest BCUT2D eigenvalue weighted by Gasteiger charge is -2.22. The van der Waals surface area contributed by atoms with Crippen molar-refractivity contribution in [3.8, 4) is 0 Å². The third-order valence-electron chi connectivity index (χ3n) is 5.07. The molecule has 164 valence electrons. The molecule has 3 rings (SSSR count). The molecule has 0 unspecified atom stereocenters. The first kappa shape index (κ1) is 23.2. The minimum atomic E-state index is -0.337. The summed E-state index contributed by atoms with van der Waals surface area (Å²) in [5.41, 5.74) is 3.12. The molecule has 1 aromatic carbocycles. The average Bonchev–Trinajstić information content (AvgIpc) is 3.13. The van der Waals surface area contributed by atoms with E-state index in [-0.39, 0.29) is 23.5 Å². The van der Waals surface area contributed by atoms with Gasteiger partial charge in [-0.2, -0.15) is 0 Å². The van der Waals surface area contributed by atoms with Gasteiger partial charge in [0.15, 0.2) is 5.43 Å². The Balaban J connectivity index is 1.95. The SMILES string of the molecule is COCc1c(C(=O)N(C)Cc2nc(C)cs2)c(=O)cc(C)n1CCc1ccccc1Cl. The number of halogens is 1. The van der Waals surface area contributed by atoms with Crippen LogP contribution in [0.1, 0.15) is 38.0 Å². The van der Waals surface area contributed by atoms with Gasteiger partial charge in [0, 0.05) is 48.6 Å². The van der Waals surface area contributed by atoms with Crippen LogP contribution in [0.5, 0.6) is 0 Å². The van der Waals surface area contributed by atoms with Gasteiger partial charge in [-0.05, 0) is 31.9 Å². The predicted octanol–water partition coefficient (Wildman–Crippen LogP) is 4.24. The van der Waals surface area contributed by atoms with E-state index in [0.717, 1.165) is 22.0 Å². The lowest BCUT2D eigenvalue weighted by atomic mass is 10.1. The lowest BCUT2D eigenvalue weighted by Crippen LogP contribution is -2.34. The van der Waals surface area contributed by atoms with E-state index < -0.39 is 0 Å². The molecule has 2 aromatic heterocycles. The second kappa shape index (κ2) is 10.2. The van der Waals surface area contributed by atoms with Gasteiger partial charge in [-0.25, -0.2) is 4.98 Å². The normalized spacial score (nSPS) is 11.0. The Bertz CT molecular complexity index is 1140. The zero-order valence-corrected chi connectivity index (χ0v) is 19.7. The number of carbonyl (C=O) groups is 1. The van der Waals surface area contributed by atoms with Crippen LogP contribution < -0.4 is 5.43 Å². The molecule has 8 heteroatoms. The van der Waals surface area contributed by atoms with Gasteiger partial charge in [-0.15, -0.1) is 11.3 Å². The number of aryl methyl sites for hydroxylation is 3. The van der Waals surface area contributed by atoms with Crippen molar-refractivity contribution in [2.45, 2.75) is 40.0 Å². The van der Waals surface area contributed by atoms with Gasteiger partial charge in [-0.3, -0.25) is 9.59 Å². The van der Waals surface area contributed by atoms with Crippen molar-refractivity contribution < 1.29 is 9.53 Å². The fourth-order valence-electron chi connectivity index (χ4n) is 3.53. The van der Waals surface area contributed by atoms with Gasteiger partial charge in [0.1, 0.15) is 10.6 Å². The average molecular weight is 460 g/mol. The van der Waals surface area contributed by atoms with E-state index in [2.05, 4.69) is 4.98 Å². The first-order valence-corrected chi connectivity index (χ1v) is 11.2. The van der Waals surface area contributed by atoms with Crippen molar-refractivity contribution in [3.05, 3.63) is 84.2 Å². The predicted molar refractivity (Wildman–Crippen MR) is 124 cm³/mol. The molecule has 2 heterocycles. The van der Waals surface area contributed by atoms with Gasteiger partial charge in [0.2, 0.25) is 0 Å². The second-order valence-corrected chi connectivity index (χ2v) is 8.79. The van der Waals surface area contributed by atoms with Gasteiger partial charge >= 0.3 is 0 Å². The van der Waals surface area contributed by atoms with Gasteiger partial charge < -0.3 is 14.2 Å². The maximum Gasteiger partial charge on any atom is 0.259 e. The Kier molecular flexibility index (Phi) is 7.64. The van der Waals surface area contributed by atoms with E-state index in [4.69, 9.17) is 16.3 Å². The molecule has 0 aliphatic rings. The number of carbonyl (C=O) groups excluding carboxylic acids is 1. The number of benzene rings is 1. The molecule has 0 saturated heterocycles. The maximum atomic E-state index is 13.3. The van der Waals surface area contributed by atoms with Crippen molar-refractivity contribution in [2.75, 3.05) is 14.2 Å². The minimum absolute atomic E-state index is 0.141. The molecule has 0 aliphatic heterocycles. The minimum Gasteiger partial charge on any atom is -0.378 e. The number of pyridine rings is 1. The molecule has 0 atom stereocenters. The maximum absolute atomic E-state index is 13.3. The molecule has 31 heavy (non-hydrogen) atoms. The van der Waals surface area contributed by atoms with Crippen LogP contribution in [0.15, 0.2) is 40.5 Å². The molecule has 0 radical (unpaired) electrons. The summed E-state index contributed by atoms with van der Waals surface area (Å²) in [5, 5.41) is 3.47. The van der Waals surface area contributed by atoms with Crippen LogP contribution in [0, 0.1) is 13.8 Å². The Morgan fingerprint density at radius 1 is 1.29 bits per heavy atom. The van der Waals surface area contributed by atoms with E-state index in [1.165, 1.54) is 22.3 Å². The fraction of sp³-hybridized carbons (Fsp3) is 0.348. The Morgan fingerprint density at radius 3 is 2.68 bits per heavy atom. The smallest absolute Gasteiger partial charge is 0.259 e. The number of rotatable bonds is 8. The number of ether oxygens (including phenoxy) is 1. The molecule has 1 amide bonds. The van der Waals surface area contributed by atoms with Crippen LogP contribution in [0.4, 0.5) is 0 Å². The number of methoxy groups -OCH3 is 1. The summed E-state index contributed by atoms with van der Waals surface area (Å²) in [7, 11) is 3.24. The Morgan fingerprint density at radius 2 is 2.03 bits per heavy atom. The van der Waals surface area contributed by atoms with Crippen LogP contribution in [-0.4, -0.2) is 34.5 Å². The summed E-state index contributed by atoms with van der Waals surface area (Å²) >= 11 is 7.81. The summed E-state index contributed by atoms with van der Waals surface area (Å²) in [6.45, 7) is 4.85. The molecule has 6 nitrogen and oxygen atoms in total. The van der Waals surface area contributed by atoms with Crippen LogP contribution in [0.3, 0.4) is 0 Å². The summed E-state index contributed by atoms with van der Waals surface area (Å²) in [6, 6.07) is 9.19.